The Labute approximate surface area is 83.5 Å². The molecule has 0 saturated heterocycles. The van der Waals surface area contributed by atoms with Gasteiger partial charge < -0.3 is 4.57 Å². The number of benzene rings is 1. The van der Waals surface area contributed by atoms with Gasteiger partial charge in [-0.05, 0) is 24.3 Å². The van der Waals surface area contributed by atoms with E-state index in [1.54, 1.807) is 0 Å². The van der Waals surface area contributed by atoms with Gasteiger partial charge >= 0.3 is 0 Å². The molecule has 2 nitrogen and oxygen atoms in total. The van der Waals surface area contributed by atoms with Crippen molar-refractivity contribution in [3.63, 3.8) is 0 Å². The molecule has 1 heterocycles. The van der Waals surface area contributed by atoms with Crippen LogP contribution in [0.1, 0.15) is 5.69 Å². The van der Waals surface area contributed by atoms with Crippen LogP contribution in [0.15, 0.2) is 53.7 Å². The van der Waals surface area contributed by atoms with E-state index >= 15 is 0 Å². The summed E-state index contributed by atoms with van der Waals surface area (Å²) in [4.78, 5) is 4.36. The summed E-state index contributed by atoms with van der Waals surface area (Å²) in [5.41, 5.74) is 2.09. The average molecular weight is 184 g/mol. The molecule has 14 heavy (non-hydrogen) atoms. The van der Waals surface area contributed by atoms with Crippen molar-refractivity contribution >= 4 is 11.9 Å². The predicted molar refractivity (Wildman–Crippen MR) is 59.1 cm³/mol. The Kier molecular flexibility index (Phi) is 2.45. The van der Waals surface area contributed by atoms with Gasteiger partial charge in [-0.25, -0.2) is 0 Å². The molecule has 0 radical (unpaired) electrons. The fourth-order valence-electron chi connectivity index (χ4n) is 1.26. The van der Waals surface area contributed by atoms with Crippen molar-refractivity contribution in [3.8, 4) is 0 Å². The van der Waals surface area contributed by atoms with Crippen LogP contribution in [-0.2, 0) is 7.05 Å². The molecule has 0 unspecified atom stereocenters. The van der Waals surface area contributed by atoms with E-state index in [2.05, 4.69) is 4.99 Å². The van der Waals surface area contributed by atoms with E-state index in [1.807, 2.05) is 66.5 Å². The van der Waals surface area contributed by atoms with Crippen LogP contribution in [0.4, 0.5) is 5.69 Å². The summed E-state index contributed by atoms with van der Waals surface area (Å²) in [6, 6.07) is 14.0. The second-order valence-electron chi connectivity index (χ2n) is 3.14. The summed E-state index contributed by atoms with van der Waals surface area (Å²) >= 11 is 0. The summed E-state index contributed by atoms with van der Waals surface area (Å²) in [6.07, 6.45) is 3.88. The zero-order chi connectivity index (χ0) is 9.80. The Morgan fingerprint density at radius 1 is 1.07 bits per heavy atom. The number of para-hydroxylation sites is 1. The quantitative estimate of drug-likeness (QED) is 0.638. The minimum atomic E-state index is 0.980. The third-order valence-corrected chi connectivity index (χ3v) is 2.09. The van der Waals surface area contributed by atoms with E-state index in [0.29, 0.717) is 0 Å². The first kappa shape index (κ1) is 8.75. The number of nitrogens with zero attached hydrogens (tertiary/aromatic N) is 2. The van der Waals surface area contributed by atoms with Crippen molar-refractivity contribution in [2.75, 3.05) is 0 Å². The molecule has 1 aromatic heterocycles. The maximum Gasteiger partial charge on any atom is 0.0630 e. The van der Waals surface area contributed by atoms with Gasteiger partial charge in [0.25, 0.3) is 0 Å². The van der Waals surface area contributed by atoms with Crippen LogP contribution in [0, 0.1) is 0 Å². The average Bonchev–Trinajstić information content (AvgIpc) is 2.63. The van der Waals surface area contributed by atoms with Crippen LogP contribution in [0.5, 0.6) is 0 Å². The van der Waals surface area contributed by atoms with Crippen molar-refractivity contribution < 1.29 is 0 Å². The molecule has 2 rings (SSSR count). The first-order valence-corrected chi connectivity index (χ1v) is 4.57. The molecule has 0 N–H and O–H groups in total. The number of aromatic nitrogens is 1. The molecule has 0 aliphatic heterocycles. The molecule has 0 aliphatic rings. The number of hydrogen-bond acceptors (Lipinski definition) is 1. The molecule has 2 heteroatoms. The lowest BCUT2D eigenvalue weighted by atomic mass is 10.3. The summed E-state index contributed by atoms with van der Waals surface area (Å²) in [5, 5.41) is 0. The number of aliphatic imine (C=N–C) groups is 1. The molecule has 0 amide bonds. The van der Waals surface area contributed by atoms with Gasteiger partial charge in [0.1, 0.15) is 0 Å². The van der Waals surface area contributed by atoms with Gasteiger partial charge in [-0.2, -0.15) is 0 Å². The Hall–Kier alpha value is -1.83. The Morgan fingerprint density at radius 3 is 2.50 bits per heavy atom. The van der Waals surface area contributed by atoms with E-state index in [-0.39, 0.29) is 0 Å². The molecule has 2 aromatic rings. The first-order valence-electron chi connectivity index (χ1n) is 4.57. The number of aryl methyl sites for hydroxylation is 1. The first-order chi connectivity index (χ1) is 6.86. The SMILES string of the molecule is Cn1cccc1C=Nc1ccccc1. The van der Waals surface area contributed by atoms with Crippen LogP contribution in [-0.4, -0.2) is 10.8 Å². The van der Waals surface area contributed by atoms with E-state index < -0.39 is 0 Å². The molecule has 0 spiro atoms. The van der Waals surface area contributed by atoms with E-state index in [1.165, 1.54) is 0 Å². The highest BCUT2D eigenvalue weighted by Crippen LogP contribution is 2.09. The number of rotatable bonds is 2. The van der Waals surface area contributed by atoms with E-state index in [9.17, 15) is 0 Å². The minimum Gasteiger partial charge on any atom is -0.350 e. The van der Waals surface area contributed by atoms with E-state index in [0.717, 1.165) is 11.4 Å². The van der Waals surface area contributed by atoms with Crippen molar-refractivity contribution in [2.45, 2.75) is 0 Å². The normalized spacial score (nSPS) is 10.9. The third-order valence-electron chi connectivity index (χ3n) is 2.09. The zero-order valence-corrected chi connectivity index (χ0v) is 8.09. The molecule has 0 fully saturated rings. The molecule has 1 aromatic carbocycles. The summed E-state index contributed by atoms with van der Waals surface area (Å²) in [7, 11) is 2.01. The Morgan fingerprint density at radius 2 is 1.86 bits per heavy atom. The molecule has 70 valence electrons. The highest BCUT2D eigenvalue weighted by Gasteiger charge is 1.91. The van der Waals surface area contributed by atoms with Crippen LogP contribution >= 0.6 is 0 Å². The van der Waals surface area contributed by atoms with Crippen LogP contribution in [0.3, 0.4) is 0 Å². The standard InChI is InChI=1S/C12H12N2/c1-14-9-5-8-12(14)10-13-11-6-3-2-4-7-11/h2-10H,1H3. The van der Waals surface area contributed by atoms with Crippen molar-refractivity contribution in [3.05, 3.63) is 54.4 Å². The molecule has 0 atom stereocenters. The number of hydrogen-bond donors (Lipinski definition) is 0. The van der Waals surface area contributed by atoms with Crippen molar-refractivity contribution in [2.24, 2.45) is 12.0 Å². The lowest BCUT2D eigenvalue weighted by Gasteiger charge is -1.95. The van der Waals surface area contributed by atoms with E-state index in [4.69, 9.17) is 0 Å². The molecular weight excluding hydrogens is 172 g/mol. The maximum absolute atomic E-state index is 4.36. The van der Waals surface area contributed by atoms with Gasteiger partial charge in [0.2, 0.25) is 0 Å². The lowest BCUT2D eigenvalue weighted by molar-refractivity contribution is 0.918. The smallest absolute Gasteiger partial charge is 0.0630 e. The monoisotopic (exact) mass is 184 g/mol. The molecule has 0 bridgehead atoms. The Balaban J connectivity index is 2.20. The van der Waals surface area contributed by atoms with Gasteiger partial charge in [-0.3, -0.25) is 4.99 Å². The van der Waals surface area contributed by atoms with Crippen LogP contribution in [0.2, 0.25) is 0 Å². The third kappa shape index (κ3) is 1.91. The van der Waals surface area contributed by atoms with Gasteiger partial charge in [0.15, 0.2) is 0 Å². The fourth-order valence-corrected chi connectivity index (χ4v) is 1.26. The van der Waals surface area contributed by atoms with Crippen molar-refractivity contribution in [1.82, 2.24) is 4.57 Å². The Bertz CT molecular complexity index is 427. The predicted octanol–water partition coefficient (Wildman–Crippen LogP) is 2.78. The zero-order valence-electron chi connectivity index (χ0n) is 8.09. The summed E-state index contributed by atoms with van der Waals surface area (Å²) in [5.74, 6) is 0. The van der Waals surface area contributed by atoms with Gasteiger partial charge in [-0.1, -0.05) is 18.2 Å². The minimum absolute atomic E-state index is 0.980. The van der Waals surface area contributed by atoms with Gasteiger partial charge in [-0.15, -0.1) is 0 Å². The summed E-state index contributed by atoms with van der Waals surface area (Å²) in [6.45, 7) is 0. The fraction of sp³-hybridized carbons (Fsp3) is 0.0833. The van der Waals surface area contributed by atoms with Gasteiger partial charge in [0.05, 0.1) is 17.6 Å². The highest BCUT2D eigenvalue weighted by molar-refractivity contribution is 5.79. The molecular formula is C12H12N2. The topological polar surface area (TPSA) is 17.3 Å². The molecule has 0 saturated carbocycles. The second-order valence-corrected chi connectivity index (χ2v) is 3.14. The largest absolute Gasteiger partial charge is 0.350 e. The highest BCUT2D eigenvalue weighted by atomic mass is 14.9. The van der Waals surface area contributed by atoms with Crippen molar-refractivity contribution in [1.29, 1.82) is 0 Å². The summed E-state index contributed by atoms with van der Waals surface area (Å²) < 4.78 is 2.03. The second kappa shape index (κ2) is 3.92. The lowest BCUT2D eigenvalue weighted by Crippen LogP contribution is -1.91. The maximum atomic E-state index is 4.36. The van der Waals surface area contributed by atoms with Crippen LogP contribution < -0.4 is 0 Å². The molecule has 0 aliphatic carbocycles. The van der Waals surface area contributed by atoms with Gasteiger partial charge in [0, 0.05) is 13.2 Å². The van der Waals surface area contributed by atoms with Crippen LogP contribution in [0.25, 0.3) is 0 Å².